The summed E-state index contributed by atoms with van der Waals surface area (Å²) in [5.41, 5.74) is 12.7. The van der Waals surface area contributed by atoms with Gasteiger partial charge in [0.05, 0.1) is 18.8 Å². The number of rotatable bonds is 4. The van der Waals surface area contributed by atoms with Crippen LogP contribution in [0.3, 0.4) is 0 Å². The highest BCUT2D eigenvalue weighted by Crippen LogP contribution is 2.21. The van der Waals surface area contributed by atoms with Crippen molar-refractivity contribution in [2.24, 2.45) is 5.73 Å². The van der Waals surface area contributed by atoms with Crippen LogP contribution in [0.5, 0.6) is 0 Å². The largest absolute Gasteiger partial charge is 0.439 e. The average molecular weight is 234 g/mol. The fraction of sp³-hybridized carbons (Fsp3) is 0.273. The van der Waals surface area contributed by atoms with Crippen molar-refractivity contribution in [3.05, 3.63) is 24.1 Å². The third-order valence-corrected chi connectivity index (χ3v) is 2.33. The molecule has 0 atom stereocenters. The average Bonchev–Trinajstić information content (AvgIpc) is 2.60. The minimum atomic E-state index is -0.386. The molecule has 2 rings (SSSR count). The second-order valence-corrected chi connectivity index (χ2v) is 3.94. The van der Waals surface area contributed by atoms with E-state index in [1.54, 1.807) is 30.1 Å². The van der Waals surface area contributed by atoms with E-state index in [1.165, 1.54) is 0 Å². The number of fused-ring (bicyclic) bond motifs is 1. The monoisotopic (exact) mass is 234 g/mol. The summed E-state index contributed by atoms with van der Waals surface area (Å²) < 4.78 is 5.52. The van der Waals surface area contributed by atoms with E-state index < -0.39 is 0 Å². The number of nitrogens with two attached hydrogens (primary N) is 2. The summed E-state index contributed by atoms with van der Waals surface area (Å²) in [6.07, 6.45) is 0. The van der Waals surface area contributed by atoms with Crippen LogP contribution in [0.1, 0.15) is 5.89 Å². The Morgan fingerprint density at radius 2 is 2.29 bits per heavy atom. The number of primary amides is 1. The number of amides is 1. The van der Waals surface area contributed by atoms with Crippen LogP contribution in [-0.2, 0) is 11.3 Å². The van der Waals surface area contributed by atoms with Gasteiger partial charge in [-0.25, -0.2) is 4.98 Å². The van der Waals surface area contributed by atoms with Gasteiger partial charge in [-0.15, -0.1) is 0 Å². The van der Waals surface area contributed by atoms with E-state index in [0.29, 0.717) is 29.2 Å². The normalized spacial score (nSPS) is 11.2. The standard InChI is InChI=1S/C11H14N4O2/c1-15(5-9(13)16)6-10-14-11-7(12)3-2-4-8(11)17-10/h2-4H,5-6,12H2,1H3,(H2,13,16). The zero-order valence-corrected chi connectivity index (χ0v) is 9.51. The molecular weight excluding hydrogens is 220 g/mol. The molecule has 1 amide bonds. The summed E-state index contributed by atoms with van der Waals surface area (Å²) in [5, 5.41) is 0. The molecule has 0 aliphatic carbocycles. The maximum atomic E-state index is 10.7. The molecule has 1 aromatic carbocycles. The Morgan fingerprint density at radius 1 is 1.53 bits per heavy atom. The van der Waals surface area contributed by atoms with Crippen LogP contribution in [0.4, 0.5) is 5.69 Å². The zero-order chi connectivity index (χ0) is 12.4. The van der Waals surface area contributed by atoms with Crippen LogP contribution in [0.15, 0.2) is 22.6 Å². The lowest BCUT2D eigenvalue weighted by atomic mass is 10.3. The van der Waals surface area contributed by atoms with E-state index in [-0.39, 0.29) is 12.5 Å². The third-order valence-electron chi connectivity index (χ3n) is 2.33. The molecule has 90 valence electrons. The Labute approximate surface area is 98.2 Å². The van der Waals surface area contributed by atoms with Crippen LogP contribution in [0.2, 0.25) is 0 Å². The van der Waals surface area contributed by atoms with Crippen molar-refractivity contribution < 1.29 is 9.21 Å². The van der Waals surface area contributed by atoms with Gasteiger partial charge in [0.15, 0.2) is 5.58 Å². The van der Waals surface area contributed by atoms with Gasteiger partial charge in [-0.05, 0) is 19.2 Å². The Balaban J connectivity index is 2.20. The summed E-state index contributed by atoms with van der Waals surface area (Å²) in [4.78, 5) is 16.7. The first-order valence-electron chi connectivity index (χ1n) is 5.17. The van der Waals surface area contributed by atoms with Crippen LogP contribution in [0, 0.1) is 0 Å². The molecule has 0 aliphatic heterocycles. The molecule has 0 saturated heterocycles. The van der Waals surface area contributed by atoms with E-state index in [1.807, 2.05) is 0 Å². The van der Waals surface area contributed by atoms with Crippen LogP contribution >= 0.6 is 0 Å². The summed E-state index contributed by atoms with van der Waals surface area (Å²) >= 11 is 0. The number of likely N-dealkylation sites (N-methyl/N-ethyl adjacent to an activating group) is 1. The third kappa shape index (κ3) is 2.54. The molecule has 6 heteroatoms. The Morgan fingerprint density at radius 3 is 2.94 bits per heavy atom. The maximum absolute atomic E-state index is 10.7. The molecule has 1 aromatic heterocycles. The van der Waals surface area contributed by atoms with Crippen molar-refractivity contribution >= 4 is 22.7 Å². The smallest absolute Gasteiger partial charge is 0.231 e. The van der Waals surface area contributed by atoms with Gasteiger partial charge in [-0.3, -0.25) is 9.69 Å². The molecule has 6 nitrogen and oxygen atoms in total. The summed E-state index contributed by atoms with van der Waals surface area (Å²) in [6.45, 7) is 0.575. The van der Waals surface area contributed by atoms with Gasteiger partial charge in [-0.1, -0.05) is 6.07 Å². The lowest BCUT2D eigenvalue weighted by Crippen LogP contribution is -2.30. The van der Waals surface area contributed by atoms with E-state index in [2.05, 4.69) is 4.98 Å². The molecule has 0 unspecified atom stereocenters. The van der Waals surface area contributed by atoms with Gasteiger partial charge < -0.3 is 15.9 Å². The lowest BCUT2D eigenvalue weighted by molar-refractivity contribution is -0.119. The second-order valence-electron chi connectivity index (χ2n) is 3.94. The first-order valence-corrected chi connectivity index (χ1v) is 5.17. The van der Waals surface area contributed by atoms with E-state index >= 15 is 0 Å². The number of nitrogen functional groups attached to an aromatic ring is 1. The van der Waals surface area contributed by atoms with Gasteiger partial charge in [0.25, 0.3) is 0 Å². The Bertz CT molecular complexity index is 549. The van der Waals surface area contributed by atoms with Gasteiger partial charge in [0.2, 0.25) is 11.8 Å². The number of anilines is 1. The number of para-hydroxylation sites is 1. The van der Waals surface area contributed by atoms with Crippen molar-refractivity contribution in [2.75, 3.05) is 19.3 Å². The minimum Gasteiger partial charge on any atom is -0.439 e. The number of nitrogens with zero attached hydrogens (tertiary/aromatic N) is 2. The first-order chi connectivity index (χ1) is 8.06. The van der Waals surface area contributed by atoms with Gasteiger partial charge in [0.1, 0.15) is 5.52 Å². The summed E-state index contributed by atoms with van der Waals surface area (Å²) in [6, 6.07) is 5.37. The second kappa shape index (κ2) is 4.42. The van der Waals surface area contributed by atoms with Gasteiger partial charge >= 0.3 is 0 Å². The number of aromatic nitrogens is 1. The van der Waals surface area contributed by atoms with Crippen molar-refractivity contribution in [3.8, 4) is 0 Å². The summed E-state index contributed by atoms with van der Waals surface area (Å²) in [7, 11) is 1.77. The van der Waals surface area contributed by atoms with E-state index in [0.717, 1.165) is 0 Å². The number of benzene rings is 1. The Hall–Kier alpha value is -2.08. The van der Waals surface area contributed by atoms with Gasteiger partial charge in [0, 0.05) is 0 Å². The summed E-state index contributed by atoms with van der Waals surface area (Å²) in [5.74, 6) is 0.129. The molecular formula is C11H14N4O2. The number of oxazole rings is 1. The van der Waals surface area contributed by atoms with Crippen molar-refractivity contribution in [1.29, 1.82) is 0 Å². The molecule has 2 aromatic rings. The number of hydrogen-bond donors (Lipinski definition) is 2. The minimum absolute atomic E-state index is 0.161. The topological polar surface area (TPSA) is 98.4 Å². The Kier molecular flexibility index (Phi) is 2.97. The van der Waals surface area contributed by atoms with E-state index in [9.17, 15) is 4.79 Å². The van der Waals surface area contributed by atoms with Crippen LogP contribution in [0.25, 0.3) is 11.1 Å². The lowest BCUT2D eigenvalue weighted by Gasteiger charge is -2.10. The highest BCUT2D eigenvalue weighted by molar-refractivity contribution is 5.85. The molecule has 17 heavy (non-hydrogen) atoms. The molecule has 0 fully saturated rings. The molecule has 1 heterocycles. The van der Waals surface area contributed by atoms with Crippen molar-refractivity contribution in [1.82, 2.24) is 9.88 Å². The van der Waals surface area contributed by atoms with Crippen LogP contribution in [-0.4, -0.2) is 29.4 Å². The molecule has 0 saturated carbocycles. The van der Waals surface area contributed by atoms with Crippen molar-refractivity contribution in [2.45, 2.75) is 6.54 Å². The van der Waals surface area contributed by atoms with E-state index in [4.69, 9.17) is 15.9 Å². The maximum Gasteiger partial charge on any atom is 0.231 e. The SMILES string of the molecule is CN(CC(N)=O)Cc1nc2c(N)cccc2o1. The fourth-order valence-corrected chi connectivity index (χ4v) is 1.64. The fourth-order valence-electron chi connectivity index (χ4n) is 1.64. The van der Waals surface area contributed by atoms with Crippen molar-refractivity contribution in [3.63, 3.8) is 0 Å². The number of carbonyl (C=O) groups is 1. The molecule has 0 bridgehead atoms. The number of carbonyl (C=O) groups excluding carboxylic acids is 1. The highest BCUT2D eigenvalue weighted by atomic mass is 16.3. The molecule has 0 radical (unpaired) electrons. The zero-order valence-electron chi connectivity index (χ0n) is 9.51. The molecule has 4 N–H and O–H groups in total. The van der Waals surface area contributed by atoms with Gasteiger partial charge in [-0.2, -0.15) is 0 Å². The predicted octanol–water partition coefficient (Wildman–Crippen LogP) is 0.327. The quantitative estimate of drug-likeness (QED) is 0.743. The molecule has 0 aliphatic rings. The molecule has 0 spiro atoms. The first kappa shape index (κ1) is 11.4. The predicted molar refractivity (Wildman–Crippen MR) is 63.9 cm³/mol. The highest BCUT2D eigenvalue weighted by Gasteiger charge is 2.11. The number of hydrogen-bond acceptors (Lipinski definition) is 5. The van der Waals surface area contributed by atoms with Crippen LogP contribution < -0.4 is 11.5 Å².